The Morgan fingerprint density at radius 1 is 1.08 bits per heavy atom. The number of fused-ring (bicyclic) bond motifs is 3. The fourth-order valence-corrected chi connectivity index (χ4v) is 2.68. The number of esters is 1. The number of H-pyrrole nitrogens is 1. The predicted molar refractivity (Wildman–Crippen MR) is 92.5 cm³/mol. The van der Waals surface area contributed by atoms with Crippen molar-refractivity contribution in [2.45, 2.75) is 0 Å². The van der Waals surface area contributed by atoms with Crippen LogP contribution in [0.1, 0.15) is 10.4 Å². The van der Waals surface area contributed by atoms with Crippen molar-refractivity contribution in [1.82, 2.24) is 15.2 Å². The van der Waals surface area contributed by atoms with Crippen molar-refractivity contribution in [1.29, 1.82) is 0 Å². The second kappa shape index (κ2) is 5.66. The van der Waals surface area contributed by atoms with Crippen LogP contribution in [-0.2, 0) is 4.74 Å². The number of anilines is 2. The zero-order chi connectivity index (χ0) is 16.5. The van der Waals surface area contributed by atoms with Gasteiger partial charge in [0.2, 0.25) is 0 Å². The lowest BCUT2D eigenvalue weighted by molar-refractivity contribution is 0.0601. The topological polar surface area (TPSA) is 79.9 Å². The Labute approximate surface area is 137 Å². The van der Waals surface area contributed by atoms with E-state index in [9.17, 15) is 4.79 Å². The molecule has 0 fully saturated rings. The molecular formula is C18H14N4O2. The summed E-state index contributed by atoms with van der Waals surface area (Å²) < 4.78 is 4.70. The first-order valence-electron chi connectivity index (χ1n) is 7.43. The second-order valence-corrected chi connectivity index (χ2v) is 5.33. The van der Waals surface area contributed by atoms with Crippen molar-refractivity contribution in [2.75, 3.05) is 12.4 Å². The van der Waals surface area contributed by atoms with Crippen LogP contribution in [-0.4, -0.2) is 28.3 Å². The number of para-hydroxylation sites is 1. The number of nitrogens with zero attached hydrogens (tertiary/aromatic N) is 2. The summed E-state index contributed by atoms with van der Waals surface area (Å²) in [7, 11) is 1.36. The first-order chi connectivity index (χ1) is 11.8. The van der Waals surface area contributed by atoms with E-state index in [1.165, 1.54) is 7.11 Å². The van der Waals surface area contributed by atoms with Gasteiger partial charge in [-0.3, -0.25) is 5.10 Å². The molecule has 6 nitrogen and oxygen atoms in total. The summed E-state index contributed by atoms with van der Waals surface area (Å²) in [5.74, 6) is 0.327. The average Bonchev–Trinajstić information content (AvgIpc) is 3.12. The van der Waals surface area contributed by atoms with E-state index in [1.807, 2.05) is 36.4 Å². The van der Waals surface area contributed by atoms with Gasteiger partial charge in [-0.15, -0.1) is 0 Å². The number of ether oxygens (including phenoxy) is 1. The first-order valence-corrected chi connectivity index (χ1v) is 7.43. The molecule has 0 aliphatic rings. The molecule has 0 aliphatic carbocycles. The number of benzene rings is 2. The van der Waals surface area contributed by atoms with Crippen LogP contribution in [0.3, 0.4) is 0 Å². The number of aromatic amines is 1. The minimum Gasteiger partial charge on any atom is -0.465 e. The minimum absolute atomic E-state index is 0.360. The number of aromatic nitrogens is 3. The molecule has 118 valence electrons. The van der Waals surface area contributed by atoms with Crippen LogP contribution in [0.5, 0.6) is 0 Å². The van der Waals surface area contributed by atoms with Gasteiger partial charge in [0.25, 0.3) is 0 Å². The number of rotatable bonds is 3. The van der Waals surface area contributed by atoms with Crippen LogP contribution in [0.2, 0.25) is 0 Å². The maximum absolute atomic E-state index is 11.5. The third kappa shape index (κ3) is 2.34. The minimum atomic E-state index is -0.360. The van der Waals surface area contributed by atoms with Crippen LogP contribution < -0.4 is 5.32 Å². The van der Waals surface area contributed by atoms with Crippen LogP contribution in [0.25, 0.3) is 21.8 Å². The van der Waals surface area contributed by atoms with Gasteiger partial charge in [-0.25, -0.2) is 9.78 Å². The third-order valence-electron chi connectivity index (χ3n) is 3.87. The molecule has 0 aliphatic heterocycles. The summed E-state index contributed by atoms with van der Waals surface area (Å²) in [6.45, 7) is 0. The summed E-state index contributed by atoms with van der Waals surface area (Å²) >= 11 is 0. The van der Waals surface area contributed by atoms with Gasteiger partial charge in [-0.05, 0) is 30.3 Å². The Bertz CT molecular complexity index is 1040. The maximum Gasteiger partial charge on any atom is 0.337 e. The normalized spacial score (nSPS) is 10.9. The lowest BCUT2D eigenvalue weighted by Crippen LogP contribution is -2.01. The molecule has 0 saturated heterocycles. The highest BCUT2D eigenvalue weighted by Crippen LogP contribution is 2.29. The molecule has 0 bridgehead atoms. The van der Waals surface area contributed by atoms with Gasteiger partial charge in [0.1, 0.15) is 5.52 Å². The summed E-state index contributed by atoms with van der Waals surface area (Å²) in [5.41, 5.74) is 3.05. The molecule has 0 amide bonds. The number of hydrogen-bond donors (Lipinski definition) is 2. The van der Waals surface area contributed by atoms with Crippen molar-refractivity contribution in [3.05, 3.63) is 60.3 Å². The van der Waals surface area contributed by atoms with Crippen molar-refractivity contribution in [3.63, 3.8) is 0 Å². The smallest absolute Gasteiger partial charge is 0.337 e. The maximum atomic E-state index is 11.5. The average molecular weight is 318 g/mol. The van der Waals surface area contributed by atoms with Crippen molar-refractivity contribution >= 4 is 39.3 Å². The molecular weight excluding hydrogens is 304 g/mol. The lowest BCUT2D eigenvalue weighted by Gasteiger charge is -2.09. The predicted octanol–water partition coefficient (Wildman–Crippen LogP) is 3.64. The van der Waals surface area contributed by atoms with Crippen LogP contribution in [0.15, 0.2) is 54.7 Å². The standard InChI is InChI=1S/C18H14N4O2/c1-24-18(23)11-6-8-12(9-7-11)20-17-16-14(10-19-22-16)13-4-2-3-5-15(13)21-17/h2-10H,1H3,(H,19,22)(H,20,21). The van der Waals surface area contributed by atoms with E-state index >= 15 is 0 Å². The summed E-state index contributed by atoms with van der Waals surface area (Å²) in [4.78, 5) is 16.2. The van der Waals surface area contributed by atoms with Crippen LogP contribution in [0, 0.1) is 0 Å². The highest BCUT2D eigenvalue weighted by Gasteiger charge is 2.11. The van der Waals surface area contributed by atoms with Gasteiger partial charge in [0, 0.05) is 16.5 Å². The van der Waals surface area contributed by atoms with E-state index in [0.717, 1.165) is 27.5 Å². The summed E-state index contributed by atoms with van der Waals surface area (Å²) in [6, 6.07) is 15.0. The zero-order valence-electron chi connectivity index (χ0n) is 12.9. The lowest BCUT2D eigenvalue weighted by atomic mass is 10.1. The Hall–Kier alpha value is -3.41. The molecule has 2 aromatic carbocycles. The molecule has 0 unspecified atom stereocenters. The Balaban J connectivity index is 1.76. The van der Waals surface area contributed by atoms with E-state index in [2.05, 4.69) is 20.5 Å². The number of pyridine rings is 1. The Morgan fingerprint density at radius 2 is 1.88 bits per heavy atom. The van der Waals surface area contributed by atoms with Gasteiger partial charge < -0.3 is 10.1 Å². The molecule has 24 heavy (non-hydrogen) atoms. The van der Waals surface area contributed by atoms with E-state index in [1.54, 1.807) is 18.3 Å². The Morgan fingerprint density at radius 3 is 2.67 bits per heavy atom. The van der Waals surface area contributed by atoms with Gasteiger partial charge in [0.15, 0.2) is 5.82 Å². The molecule has 0 spiro atoms. The highest BCUT2D eigenvalue weighted by molar-refractivity contribution is 6.08. The fraction of sp³-hybridized carbons (Fsp3) is 0.0556. The van der Waals surface area contributed by atoms with Gasteiger partial charge >= 0.3 is 5.97 Å². The van der Waals surface area contributed by atoms with Crippen molar-refractivity contribution < 1.29 is 9.53 Å². The van der Waals surface area contributed by atoms with E-state index in [0.29, 0.717) is 11.4 Å². The molecule has 4 aromatic rings. The van der Waals surface area contributed by atoms with E-state index < -0.39 is 0 Å². The van der Waals surface area contributed by atoms with Gasteiger partial charge in [-0.1, -0.05) is 18.2 Å². The molecule has 0 radical (unpaired) electrons. The highest BCUT2D eigenvalue weighted by atomic mass is 16.5. The molecule has 6 heteroatoms. The molecule has 2 aromatic heterocycles. The van der Waals surface area contributed by atoms with E-state index in [4.69, 9.17) is 4.74 Å². The second-order valence-electron chi connectivity index (χ2n) is 5.33. The van der Waals surface area contributed by atoms with E-state index in [-0.39, 0.29) is 5.97 Å². The number of nitrogens with one attached hydrogen (secondary N) is 2. The molecule has 4 rings (SSSR count). The number of hydrogen-bond acceptors (Lipinski definition) is 5. The number of methoxy groups -OCH3 is 1. The van der Waals surface area contributed by atoms with Gasteiger partial charge in [0.05, 0.1) is 24.4 Å². The monoisotopic (exact) mass is 318 g/mol. The zero-order valence-corrected chi connectivity index (χ0v) is 12.9. The Kier molecular flexibility index (Phi) is 3.35. The number of carbonyl (C=O) groups is 1. The molecule has 2 N–H and O–H groups in total. The SMILES string of the molecule is COC(=O)c1ccc(Nc2nc3ccccc3c3cn[nH]c23)cc1. The van der Waals surface area contributed by atoms with Gasteiger partial charge in [-0.2, -0.15) is 5.10 Å². The first kappa shape index (κ1) is 14.2. The quantitative estimate of drug-likeness (QED) is 0.564. The third-order valence-corrected chi connectivity index (χ3v) is 3.87. The summed E-state index contributed by atoms with van der Waals surface area (Å²) in [6.07, 6.45) is 1.80. The van der Waals surface area contributed by atoms with Crippen molar-refractivity contribution in [2.24, 2.45) is 0 Å². The number of carbonyl (C=O) groups excluding carboxylic acids is 1. The molecule has 0 atom stereocenters. The van der Waals surface area contributed by atoms with Crippen LogP contribution >= 0.6 is 0 Å². The van der Waals surface area contributed by atoms with Crippen molar-refractivity contribution in [3.8, 4) is 0 Å². The fourth-order valence-electron chi connectivity index (χ4n) is 2.68. The molecule has 2 heterocycles. The largest absolute Gasteiger partial charge is 0.465 e. The molecule has 0 saturated carbocycles. The summed E-state index contributed by atoms with van der Waals surface area (Å²) in [5, 5.41) is 12.5. The van der Waals surface area contributed by atoms with Crippen LogP contribution in [0.4, 0.5) is 11.5 Å².